The van der Waals surface area contributed by atoms with Crippen LogP contribution in [0.25, 0.3) is 0 Å². The number of nitroso groups, excluding NO2 is 1. The lowest BCUT2D eigenvalue weighted by molar-refractivity contribution is -0.119. The van der Waals surface area contributed by atoms with E-state index in [1.165, 1.54) is 0 Å². The summed E-state index contributed by atoms with van der Waals surface area (Å²) in [5.74, 6) is -0.895. The zero-order chi connectivity index (χ0) is 11.1. The molecule has 0 saturated carbocycles. The topological polar surface area (TPSA) is 84.8 Å². The maximum absolute atomic E-state index is 11.0. The summed E-state index contributed by atoms with van der Waals surface area (Å²) in [5, 5.41) is 4.48. The van der Waals surface area contributed by atoms with E-state index in [1.54, 1.807) is 20.8 Å². The van der Waals surface area contributed by atoms with Gasteiger partial charge in [-0.3, -0.25) is 4.79 Å². The van der Waals surface area contributed by atoms with Crippen LogP contribution in [0, 0.1) is 4.91 Å². The third-order valence-electron chi connectivity index (χ3n) is 1.43. The lowest BCUT2D eigenvalue weighted by Gasteiger charge is -2.13. The Labute approximate surface area is 82.0 Å². The molecule has 1 unspecified atom stereocenters. The minimum Gasteiger partial charge on any atom is -0.447 e. The van der Waals surface area contributed by atoms with Gasteiger partial charge in [-0.05, 0) is 20.3 Å². The molecule has 2 amide bonds. The zero-order valence-electron chi connectivity index (χ0n) is 8.44. The lowest BCUT2D eigenvalue weighted by Crippen LogP contribution is -2.40. The van der Waals surface area contributed by atoms with Crippen LogP contribution in [0.2, 0.25) is 0 Å². The SMILES string of the molecule is CCC(NC(=O)OC(C)C)C(=O)N=O. The van der Waals surface area contributed by atoms with Crippen LogP contribution in [-0.4, -0.2) is 24.1 Å². The molecule has 1 N–H and O–H groups in total. The molecule has 0 bridgehead atoms. The predicted octanol–water partition coefficient (Wildman–Crippen LogP) is 1.19. The molecule has 0 saturated heterocycles. The fraction of sp³-hybridized carbons (Fsp3) is 0.750. The van der Waals surface area contributed by atoms with Gasteiger partial charge in [-0.1, -0.05) is 6.92 Å². The van der Waals surface area contributed by atoms with Crippen molar-refractivity contribution in [1.82, 2.24) is 5.32 Å². The van der Waals surface area contributed by atoms with Gasteiger partial charge in [0, 0.05) is 5.18 Å². The Kier molecular flexibility index (Phi) is 5.43. The Bertz CT molecular complexity index is 227. The van der Waals surface area contributed by atoms with Crippen LogP contribution < -0.4 is 5.32 Å². The lowest BCUT2D eigenvalue weighted by atomic mass is 10.2. The van der Waals surface area contributed by atoms with Crippen molar-refractivity contribution in [2.45, 2.75) is 39.3 Å². The highest BCUT2D eigenvalue weighted by molar-refractivity contribution is 5.85. The first-order chi connectivity index (χ1) is 6.51. The average Bonchev–Trinajstić information content (AvgIpc) is 2.11. The molecule has 6 heteroatoms. The molecule has 1 atom stereocenters. The number of rotatable bonds is 4. The first-order valence-electron chi connectivity index (χ1n) is 4.35. The number of nitrogens with one attached hydrogen (secondary N) is 1. The summed E-state index contributed by atoms with van der Waals surface area (Å²) in [6.07, 6.45) is -0.687. The molecule has 0 aliphatic carbocycles. The van der Waals surface area contributed by atoms with E-state index in [-0.39, 0.29) is 6.10 Å². The van der Waals surface area contributed by atoms with Crippen LogP contribution in [-0.2, 0) is 9.53 Å². The minimum atomic E-state index is -0.895. The third kappa shape index (κ3) is 4.54. The summed E-state index contributed by atoms with van der Waals surface area (Å²) in [7, 11) is 0. The van der Waals surface area contributed by atoms with E-state index < -0.39 is 18.0 Å². The van der Waals surface area contributed by atoms with Crippen LogP contribution in [0.5, 0.6) is 0 Å². The Morgan fingerprint density at radius 1 is 1.43 bits per heavy atom. The molecular weight excluding hydrogens is 188 g/mol. The predicted molar refractivity (Wildman–Crippen MR) is 49.6 cm³/mol. The highest BCUT2D eigenvalue weighted by Gasteiger charge is 2.20. The van der Waals surface area contributed by atoms with E-state index in [2.05, 4.69) is 10.5 Å². The van der Waals surface area contributed by atoms with Crippen molar-refractivity contribution in [1.29, 1.82) is 0 Å². The van der Waals surface area contributed by atoms with Crippen molar-refractivity contribution in [2.24, 2.45) is 5.18 Å². The van der Waals surface area contributed by atoms with Gasteiger partial charge >= 0.3 is 12.0 Å². The second kappa shape index (κ2) is 6.06. The van der Waals surface area contributed by atoms with E-state index >= 15 is 0 Å². The molecular formula is C8H14N2O4. The summed E-state index contributed by atoms with van der Waals surface area (Å²) < 4.78 is 4.73. The van der Waals surface area contributed by atoms with Crippen molar-refractivity contribution in [3.63, 3.8) is 0 Å². The number of alkyl carbamates (subject to hydrolysis) is 1. The smallest absolute Gasteiger partial charge is 0.408 e. The Morgan fingerprint density at radius 2 is 2.00 bits per heavy atom. The fourth-order valence-corrected chi connectivity index (χ4v) is 0.792. The van der Waals surface area contributed by atoms with Gasteiger partial charge in [-0.25, -0.2) is 4.79 Å². The van der Waals surface area contributed by atoms with Crippen LogP contribution >= 0.6 is 0 Å². The highest BCUT2D eigenvalue weighted by atomic mass is 16.6. The fourth-order valence-electron chi connectivity index (χ4n) is 0.792. The van der Waals surface area contributed by atoms with Gasteiger partial charge in [-0.15, -0.1) is 4.91 Å². The summed E-state index contributed by atoms with van der Waals surface area (Å²) in [5.41, 5.74) is 0. The molecule has 0 fully saturated rings. The van der Waals surface area contributed by atoms with Gasteiger partial charge in [-0.2, -0.15) is 0 Å². The summed E-state index contributed by atoms with van der Waals surface area (Å²) in [4.78, 5) is 31.7. The van der Waals surface area contributed by atoms with Crippen LogP contribution in [0.3, 0.4) is 0 Å². The second-order valence-electron chi connectivity index (χ2n) is 2.99. The largest absolute Gasteiger partial charge is 0.447 e. The first kappa shape index (κ1) is 12.5. The minimum absolute atomic E-state index is 0.271. The Hall–Kier alpha value is -1.46. The molecule has 0 radical (unpaired) electrons. The molecule has 0 aliphatic heterocycles. The van der Waals surface area contributed by atoms with Crippen molar-refractivity contribution >= 4 is 12.0 Å². The van der Waals surface area contributed by atoms with Crippen LogP contribution in [0.4, 0.5) is 4.79 Å². The van der Waals surface area contributed by atoms with Gasteiger partial charge in [0.1, 0.15) is 6.04 Å². The average molecular weight is 202 g/mol. The summed E-state index contributed by atoms with van der Waals surface area (Å²) in [6.45, 7) is 5.02. The molecule has 0 heterocycles. The van der Waals surface area contributed by atoms with Gasteiger partial charge in [0.25, 0.3) is 0 Å². The number of carbonyl (C=O) groups excluding carboxylic acids is 2. The van der Waals surface area contributed by atoms with Gasteiger partial charge < -0.3 is 10.1 Å². The number of hydrogen-bond donors (Lipinski definition) is 1. The standard InChI is InChI=1S/C8H14N2O4/c1-4-6(7(11)10-13)9-8(12)14-5(2)3/h5-6H,4H2,1-3H3,(H,9,12). The highest BCUT2D eigenvalue weighted by Crippen LogP contribution is 1.96. The van der Waals surface area contributed by atoms with Gasteiger partial charge in [0.05, 0.1) is 6.10 Å². The molecule has 0 spiro atoms. The normalized spacial score (nSPS) is 12.0. The molecule has 0 aromatic carbocycles. The second-order valence-corrected chi connectivity index (χ2v) is 2.99. The third-order valence-corrected chi connectivity index (χ3v) is 1.43. The molecule has 6 nitrogen and oxygen atoms in total. The van der Waals surface area contributed by atoms with E-state index in [0.29, 0.717) is 6.42 Å². The maximum atomic E-state index is 11.0. The van der Waals surface area contributed by atoms with Crippen molar-refractivity contribution in [2.75, 3.05) is 0 Å². The van der Waals surface area contributed by atoms with Crippen molar-refractivity contribution < 1.29 is 14.3 Å². The molecule has 0 aliphatic rings. The zero-order valence-corrected chi connectivity index (χ0v) is 8.44. The van der Waals surface area contributed by atoms with Crippen LogP contribution in [0.15, 0.2) is 5.18 Å². The number of amides is 2. The number of hydrogen-bond acceptors (Lipinski definition) is 4. The monoisotopic (exact) mass is 202 g/mol. The molecule has 0 aromatic rings. The molecule has 0 rings (SSSR count). The first-order valence-corrected chi connectivity index (χ1v) is 4.35. The maximum Gasteiger partial charge on any atom is 0.408 e. The molecule has 14 heavy (non-hydrogen) atoms. The molecule has 80 valence electrons. The summed E-state index contributed by atoms with van der Waals surface area (Å²) >= 11 is 0. The van der Waals surface area contributed by atoms with E-state index in [1.807, 2.05) is 0 Å². The van der Waals surface area contributed by atoms with Gasteiger partial charge in [0.2, 0.25) is 0 Å². The van der Waals surface area contributed by atoms with E-state index in [0.717, 1.165) is 0 Å². The number of ether oxygens (including phenoxy) is 1. The van der Waals surface area contributed by atoms with E-state index in [4.69, 9.17) is 4.74 Å². The number of nitrogens with zero attached hydrogens (tertiary/aromatic N) is 1. The van der Waals surface area contributed by atoms with Crippen molar-refractivity contribution in [3.05, 3.63) is 4.91 Å². The Balaban J connectivity index is 4.11. The van der Waals surface area contributed by atoms with Crippen molar-refractivity contribution in [3.8, 4) is 0 Å². The molecule has 0 aromatic heterocycles. The Morgan fingerprint density at radius 3 is 2.36 bits per heavy atom. The summed E-state index contributed by atoms with van der Waals surface area (Å²) in [6, 6.07) is -0.890. The van der Waals surface area contributed by atoms with Crippen LogP contribution in [0.1, 0.15) is 27.2 Å². The van der Waals surface area contributed by atoms with Gasteiger partial charge in [0.15, 0.2) is 0 Å². The quantitative estimate of drug-likeness (QED) is 0.694. The number of carbonyl (C=O) groups is 2. The van der Waals surface area contributed by atoms with E-state index in [9.17, 15) is 14.5 Å².